The summed E-state index contributed by atoms with van der Waals surface area (Å²) in [5.41, 5.74) is 0.108. The van der Waals surface area contributed by atoms with Crippen molar-refractivity contribution in [1.29, 1.82) is 0 Å². The second-order valence-electron chi connectivity index (χ2n) is 3.12. The monoisotopic (exact) mass is 200 g/mol. The van der Waals surface area contributed by atoms with Gasteiger partial charge in [-0.3, -0.25) is 0 Å². The van der Waals surface area contributed by atoms with Gasteiger partial charge in [0.25, 0.3) is 0 Å². The smallest absolute Gasteiger partial charge is 0.355 e. The van der Waals surface area contributed by atoms with E-state index in [9.17, 15) is 4.79 Å². The number of anilines is 1. The van der Waals surface area contributed by atoms with Crippen molar-refractivity contribution in [3.8, 4) is 0 Å². The van der Waals surface area contributed by atoms with E-state index in [0.717, 1.165) is 6.54 Å². The number of rotatable bonds is 4. The van der Waals surface area contributed by atoms with Crippen LogP contribution in [0.15, 0.2) is 5.38 Å². The van der Waals surface area contributed by atoms with E-state index in [1.807, 2.05) is 0 Å². The van der Waals surface area contributed by atoms with Gasteiger partial charge in [-0.2, -0.15) is 0 Å². The molecule has 0 saturated heterocycles. The first-order chi connectivity index (χ1) is 6.09. The molecule has 1 heterocycles. The maximum Gasteiger partial charge on any atom is 0.355 e. The van der Waals surface area contributed by atoms with Crippen LogP contribution in [-0.2, 0) is 0 Å². The van der Waals surface area contributed by atoms with Gasteiger partial charge in [-0.05, 0) is 5.92 Å². The number of nitrogens with one attached hydrogen (secondary N) is 1. The van der Waals surface area contributed by atoms with Gasteiger partial charge in [0, 0.05) is 11.9 Å². The minimum Gasteiger partial charge on any atom is -0.476 e. The fourth-order valence-electron chi connectivity index (χ4n) is 0.745. The lowest BCUT2D eigenvalue weighted by Crippen LogP contribution is -2.08. The summed E-state index contributed by atoms with van der Waals surface area (Å²) in [4.78, 5) is 14.4. The number of carboxylic acids is 1. The molecular weight excluding hydrogens is 188 g/mol. The van der Waals surface area contributed by atoms with Gasteiger partial charge < -0.3 is 10.4 Å². The lowest BCUT2D eigenvalue weighted by atomic mass is 10.2. The Morgan fingerprint density at radius 2 is 2.46 bits per heavy atom. The molecule has 0 fully saturated rings. The molecule has 0 amide bonds. The number of aromatic carboxylic acids is 1. The zero-order chi connectivity index (χ0) is 9.84. The van der Waals surface area contributed by atoms with Gasteiger partial charge in [-0.15, -0.1) is 11.3 Å². The molecular formula is C8H12N2O2S. The summed E-state index contributed by atoms with van der Waals surface area (Å²) in [6.45, 7) is 4.98. The fraction of sp³-hybridized carbons (Fsp3) is 0.500. The van der Waals surface area contributed by atoms with Gasteiger partial charge in [-0.25, -0.2) is 9.78 Å². The Bertz CT molecular complexity index is 296. The summed E-state index contributed by atoms with van der Waals surface area (Å²) in [6, 6.07) is 0. The molecule has 5 heteroatoms. The molecule has 13 heavy (non-hydrogen) atoms. The van der Waals surface area contributed by atoms with Crippen LogP contribution in [0.3, 0.4) is 0 Å². The van der Waals surface area contributed by atoms with Gasteiger partial charge in [0.1, 0.15) is 0 Å². The Morgan fingerprint density at radius 1 is 1.77 bits per heavy atom. The van der Waals surface area contributed by atoms with Crippen molar-refractivity contribution in [2.75, 3.05) is 11.9 Å². The van der Waals surface area contributed by atoms with E-state index in [1.165, 1.54) is 16.7 Å². The van der Waals surface area contributed by atoms with Gasteiger partial charge >= 0.3 is 5.97 Å². The number of hydrogen-bond acceptors (Lipinski definition) is 4. The predicted molar refractivity (Wildman–Crippen MR) is 52.4 cm³/mol. The summed E-state index contributed by atoms with van der Waals surface area (Å²) < 4.78 is 0. The fourth-order valence-corrected chi connectivity index (χ4v) is 1.44. The molecule has 0 saturated carbocycles. The molecule has 0 aromatic carbocycles. The van der Waals surface area contributed by atoms with Gasteiger partial charge in [0.05, 0.1) is 0 Å². The van der Waals surface area contributed by atoms with Crippen molar-refractivity contribution >= 4 is 22.4 Å². The van der Waals surface area contributed by atoms with Crippen molar-refractivity contribution < 1.29 is 9.90 Å². The van der Waals surface area contributed by atoms with Crippen LogP contribution in [0.1, 0.15) is 24.3 Å². The predicted octanol–water partition coefficient (Wildman–Crippen LogP) is 1.91. The van der Waals surface area contributed by atoms with Crippen LogP contribution in [-0.4, -0.2) is 22.6 Å². The number of thiazole rings is 1. The molecule has 0 aliphatic rings. The maximum atomic E-state index is 10.5. The average molecular weight is 200 g/mol. The molecule has 0 unspecified atom stereocenters. The Morgan fingerprint density at radius 3 is 2.92 bits per heavy atom. The highest BCUT2D eigenvalue weighted by atomic mass is 32.1. The first-order valence-electron chi connectivity index (χ1n) is 4.02. The van der Waals surface area contributed by atoms with Crippen LogP contribution in [0, 0.1) is 5.92 Å². The van der Waals surface area contributed by atoms with Crippen LogP contribution in [0.5, 0.6) is 0 Å². The summed E-state index contributed by atoms with van der Waals surface area (Å²) >= 11 is 1.32. The van der Waals surface area contributed by atoms with Crippen LogP contribution >= 0.6 is 11.3 Å². The normalized spacial score (nSPS) is 10.4. The molecule has 72 valence electrons. The van der Waals surface area contributed by atoms with Crippen molar-refractivity contribution in [3.05, 3.63) is 11.1 Å². The third kappa shape index (κ3) is 3.02. The van der Waals surface area contributed by atoms with Crippen LogP contribution in [0.2, 0.25) is 0 Å². The lowest BCUT2D eigenvalue weighted by Gasteiger charge is -2.04. The van der Waals surface area contributed by atoms with Gasteiger partial charge in [-0.1, -0.05) is 13.8 Å². The van der Waals surface area contributed by atoms with Gasteiger partial charge in [0.15, 0.2) is 10.8 Å². The lowest BCUT2D eigenvalue weighted by molar-refractivity contribution is 0.0691. The Hall–Kier alpha value is -1.10. The Balaban J connectivity index is 2.54. The quantitative estimate of drug-likeness (QED) is 0.779. The summed E-state index contributed by atoms with van der Waals surface area (Å²) in [5, 5.41) is 13.9. The van der Waals surface area contributed by atoms with E-state index in [2.05, 4.69) is 24.1 Å². The highest BCUT2D eigenvalue weighted by Gasteiger charge is 2.07. The van der Waals surface area contributed by atoms with Crippen LogP contribution < -0.4 is 5.32 Å². The molecule has 1 aromatic heterocycles. The largest absolute Gasteiger partial charge is 0.476 e. The molecule has 0 radical (unpaired) electrons. The summed E-state index contributed by atoms with van der Waals surface area (Å²) in [7, 11) is 0. The van der Waals surface area contributed by atoms with E-state index in [-0.39, 0.29) is 5.69 Å². The third-order valence-electron chi connectivity index (χ3n) is 1.38. The number of nitrogens with zero attached hydrogens (tertiary/aromatic N) is 1. The van der Waals surface area contributed by atoms with Crippen molar-refractivity contribution in [2.24, 2.45) is 5.92 Å². The first kappa shape index (κ1) is 9.98. The molecule has 1 rings (SSSR count). The number of aromatic nitrogens is 1. The molecule has 0 bridgehead atoms. The second-order valence-corrected chi connectivity index (χ2v) is 3.98. The number of hydrogen-bond donors (Lipinski definition) is 2. The van der Waals surface area contributed by atoms with E-state index in [1.54, 1.807) is 0 Å². The second kappa shape index (κ2) is 4.23. The maximum absolute atomic E-state index is 10.5. The first-order valence-corrected chi connectivity index (χ1v) is 4.90. The molecule has 4 nitrogen and oxygen atoms in total. The van der Waals surface area contributed by atoms with Crippen molar-refractivity contribution in [1.82, 2.24) is 4.98 Å². The van der Waals surface area contributed by atoms with E-state index < -0.39 is 5.97 Å². The number of carbonyl (C=O) groups is 1. The molecule has 0 aliphatic heterocycles. The highest BCUT2D eigenvalue weighted by Crippen LogP contribution is 2.15. The molecule has 0 atom stereocenters. The van der Waals surface area contributed by atoms with Crippen LogP contribution in [0.25, 0.3) is 0 Å². The minimum absolute atomic E-state index is 0.108. The van der Waals surface area contributed by atoms with Crippen molar-refractivity contribution in [3.63, 3.8) is 0 Å². The molecule has 2 N–H and O–H groups in total. The average Bonchev–Trinajstić information content (AvgIpc) is 2.48. The molecule has 0 aliphatic carbocycles. The van der Waals surface area contributed by atoms with Gasteiger partial charge in [0.2, 0.25) is 0 Å². The van der Waals surface area contributed by atoms with Crippen molar-refractivity contribution in [2.45, 2.75) is 13.8 Å². The zero-order valence-corrected chi connectivity index (χ0v) is 8.39. The Labute approximate surface area is 80.6 Å². The Kier molecular flexibility index (Phi) is 3.25. The summed E-state index contributed by atoms with van der Waals surface area (Å²) in [5.74, 6) is -0.453. The van der Waals surface area contributed by atoms with E-state index >= 15 is 0 Å². The van der Waals surface area contributed by atoms with Crippen LogP contribution in [0.4, 0.5) is 5.13 Å². The van der Waals surface area contributed by atoms with E-state index in [4.69, 9.17) is 5.11 Å². The molecule has 1 aromatic rings. The van der Waals surface area contributed by atoms with E-state index in [0.29, 0.717) is 11.0 Å². The number of carboxylic acid groups (broad SMARTS) is 1. The zero-order valence-electron chi connectivity index (χ0n) is 7.57. The standard InChI is InChI=1S/C8H12N2O2S/c1-5(2)3-9-8-10-6(4-13-8)7(11)12/h4-5H,3H2,1-2H3,(H,9,10)(H,11,12). The topological polar surface area (TPSA) is 62.2 Å². The highest BCUT2D eigenvalue weighted by molar-refractivity contribution is 7.13. The summed E-state index contributed by atoms with van der Waals surface area (Å²) in [6.07, 6.45) is 0. The molecule has 0 spiro atoms. The SMILES string of the molecule is CC(C)CNc1nc(C(=O)O)cs1. The minimum atomic E-state index is -0.978. The third-order valence-corrected chi connectivity index (χ3v) is 2.18.